The molecule has 7 nitrogen and oxygen atoms in total. The smallest absolute Gasteiger partial charge is 0.273 e. The molecule has 1 heterocycles. The topological polar surface area (TPSA) is 93.5 Å². The predicted octanol–water partition coefficient (Wildman–Crippen LogP) is 2.13. The minimum Gasteiger partial charge on any atom is -0.486 e. The van der Waals surface area contributed by atoms with Gasteiger partial charge in [0.05, 0.1) is 0 Å². The van der Waals surface area contributed by atoms with E-state index in [2.05, 4.69) is 22.4 Å². The molecule has 120 valence electrons. The summed E-state index contributed by atoms with van der Waals surface area (Å²) < 4.78 is 10.6. The molecule has 0 aliphatic rings. The highest BCUT2D eigenvalue weighted by atomic mass is 16.5. The Hall–Kier alpha value is -3.09. The normalized spacial score (nSPS) is 9.96. The second-order valence-electron chi connectivity index (χ2n) is 4.67. The largest absolute Gasteiger partial charge is 0.486 e. The van der Waals surface area contributed by atoms with Crippen LogP contribution >= 0.6 is 0 Å². The van der Waals surface area contributed by atoms with Crippen LogP contribution in [0.3, 0.4) is 0 Å². The van der Waals surface area contributed by atoms with E-state index in [1.807, 2.05) is 0 Å². The van der Waals surface area contributed by atoms with E-state index < -0.39 is 0 Å². The molecule has 2 amide bonds. The molecule has 2 aromatic rings. The first-order valence-corrected chi connectivity index (χ1v) is 6.93. The fourth-order valence-corrected chi connectivity index (χ4v) is 1.74. The fraction of sp³-hybridized carbons (Fsp3) is 0.188. The number of nitrogens with zero attached hydrogens (tertiary/aromatic N) is 1. The van der Waals surface area contributed by atoms with Gasteiger partial charge in [0.2, 0.25) is 5.91 Å². The van der Waals surface area contributed by atoms with Crippen molar-refractivity contribution in [3.8, 4) is 5.75 Å². The van der Waals surface area contributed by atoms with Gasteiger partial charge in [0.15, 0.2) is 11.5 Å². The molecule has 23 heavy (non-hydrogen) atoms. The third-order valence-electron chi connectivity index (χ3n) is 2.75. The zero-order valence-electron chi connectivity index (χ0n) is 12.7. The Morgan fingerprint density at radius 2 is 2.09 bits per heavy atom. The van der Waals surface area contributed by atoms with Gasteiger partial charge < -0.3 is 19.9 Å². The van der Waals surface area contributed by atoms with Crippen LogP contribution in [0, 0.1) is 0 Å². The molecule has 2 N–H and O–H groups in total. The van der Waals surface area contributed by atoms with Crippen LogP contribution in [0.2, 0.25) is 0 Å². The van der Waals surface area contributed by atoms with E-state index >= 15 is 0 Å². The summed E-state index contributed by atoms with van der Waals surface area (Å²) in [5.41, 5.74) is 0.872. The Kier molecular flexibility index (Phi) is 5.51. The Morgan fingerprint density at radius 1 is 1.35 bits per heavy atom. The van der Waals surface area contributed by atoms with Crippen molar-refractivity contribution in [1.82, 2.24) is 10.5 Å². The van der Waals surface area contributed by atoms with Gasteiger partial charge in [0.25, 0.3) is 5.91 Å². The zero-order valence-corrected chi connectivity index (χ0v) is 12.7. The number of anilines is 1. The maximum Gasteiger partial charge on any atom is 0.273 e. The van der Waals surface area contributed by atoms with Crippen LogP contribution in [0.15, 0.2) is 47.5 Å². The number of hydrogen-bond acceptors (Lipinski definition) is 5. The van der Waals surface area contributed by atoms with Gasteiger partial charge in [-0.2, -0.15) is 0 Å². The Bertz CT molecular complexity index is 692. The van der Waals surface area contributed by atoms with Crippen LogP contribution in [0.25, 0.3) is 0 Å². The summed E-state index contributed by atoms with van der Waals surface area (Å²) in [4.78, 5) is 22.6. The molecule has 2 rings (SSSR count). The minimum atomic E-state index is -0.334. The standard InChI is InChI=1S/C16H17N3O4/c1-3-8-17-16(21)15-9-14(23-19-15)10-22-13-6-4-12(5-7-13)18-11(2)20/h3-7,9H,1,8,10H2,2H3,(H,17,21)(H,18,20). The van der Waals surface area contributed by atoms with Gasteiger partial charge in [-0.1, -0.05) is 11.2 Å². The molecular formula is C16H17N3O4. The average Bonchev–Trinajstić information content (AvgIpc) is 3.00. The van der Waals surface area contributed by atoms with E-state index in [9.17, 15) is 9.59 Å². The number of aromatic nitrogens is 1. The molecule has 0 unspecified atom stereocenters. The maximum atomic E-state index is 11.7. The summed E-state index contributed by atoms with van der Waals surface area (Å²) in [6.07, 6.45) is 1.58. The Labute approximate surface area is 133 Å². The van der Waals surface area contributed by atoms with Gasteiger partial charge in [0.1, 0.15) is 12.4 Å². The van der Waals surface area contributed by atoms with Gasteiger partial charge in [-0.05, 0) is 24.3 Å². The second kappa shape index (κ2) is 7.79. The van der Waals surface area contributed by atoms with Crippen molar-refractivity contribution in [2.45, 2.75) is 13.5 Å². The second-order valence-corrected chi connectivity index (χ2v) is 4.67. The molecule has 0 radical (unpaired) electrons. The van der Waals surface area contributed by atoms with Gasteiger partial charge in [-0.3, -0.25) is 9.59 Å². The van der Waals surface area contributed by atoms with Crippen LogP contribution in [-0.4, -0.2) is 23.5 Å². The van der Waals surface area contributed by atoms with E-state index in [4.69, 9.17) is 9.26 Å². The quantitative estimate of drug-likeness (QED) is 0.763. The van der Waals surface area contributed by atoms with E-state index in [1.165, 1.54) is 13.0 Å². The van der Waals surface area contributed by atoms with Crippen molar-refractivity contribution < 1.29 is 18.8 Å². The van der Waals surface area contributed by atoms with Crippen molar-refractivity contribution >= 4 is 17.5 Å². The number of carbonyl (C=O) groups is 2. The molecule has 1 aromatic heterocycles. The van der Waals surface area contributed by atoms with E-state index in [1.54, 1.807) is 30.3 Å². The first-order valence-electron chi connectivity index (χ1n) is 6.93. The van der Waals surface area contributed by atoms with E-state index in [-0.39, 0.29) is 24.1 Å². The number of carbonyl (C=O) groups excluding carboxylic acids is 2. The average molecular weight is 315 g/mol. The third kappa shape index (κ3) is 4.99. The number of nitrogens with one attached hydrogen (secondary N) is 2. The van der Waals surface area contributed by atoms with Crippen LogP contribution in [0.1, 0.15) is 23.2 Å². The van der Waals surface area contributed by atoms with Gasteiger partial charge in [-0.15, -0.1) is 6.58 Å². The Morgan fingerprint density at radius 3 is 2.74 bits per heavy atom. The summed E-state index contributed by atoms with van der Waals surface area (Å²) in [6, 6.07) is 8.42. The summed E-state index contributed by atoms with van der Waals surface area (Å²) in [6.45, 7) is 5.46. The summed E-state index contributed by atoms with van der Waals surface area (Å²) in [5, 5.41) is 8.95. The van der Waals surface area contributed by atoms with Crippen LogP contribution in [0.5, 0.6) is 5.75 Å². The highest BCUT2D eigenvalue weighted by molar-refractivity contribution is 5.92. The molecule has 0 saturated heterocycles. The fourth-order valence-electron chi connectivity index (χ4n) is 1.74. The van der Waals surface area contributed by atoms with Gasteiger partial charge >= 0.3 is 0 Å². The van der Waals surface area contributed by atoms with Crippen molar-refractivity contribution in [1.29, 1.82) is 0 Å². The van der Waals surface area contributed by atoms with Crippen LogP contribution in [-0.2, 0) is 11.4 Å². The van der Waals surface area contributed by atoms with Crippen LogP contribution < -0.4 is 15.4 Å². The molecule has 0 aliphatic heterocycles. The lowest BCUT2D eigenvalue weighted by Crippen LogP contribution is -2.23. The molecule has 0 bridgehead atoms. The van der Waals surface area contributed by atoms with E-state index in [0.717, 1.165) is 0 Å². The third-order valence-corrected chi connectivity index (χ3v) is 2.75. The van der Waals surface area contributed by atoms with Crippen molar-refractivity contribution in [2.75, 3.05) is 11.9 Å². The molecule has 0 atom stereocenters. The lowest BCUT2D eigenvalue weighted by molar-refractivity contribution is -0.114. The van der Waals surface area contributed by atoms with Crippen molar-refractivity contribution in [3.05, 3.63) is 54.4 Å². The number of ether oxygens (including phenoxy) is 1. The maximum absolute atomic E-state index is 11.7. The van der Waals surface area contributed by atoms with E-state index in [0.29, 0.717) is 23.7 Å². The first kappa shape index (κ1) is 16.3. The van der Waals surface area contributed by atoms with Crippen molar-refractivity contribution in [2.24, 2.45) is 0 Å². The molecule has 0 aliphatic carbocycles. The number of rotatable bonds is 7. The van der Waals surface area contributed by atoms with Crippen molar-refractivity contribution in [3.63, 3.8) is 0 Å². The molecule has 1 aromatic carbocycles. The molecule has 0 spiro atoms. The highest BCUT2D eigenvalue weighted by Gasteiger charge is 2.12. The number of benzene rings is 1. The van der Waals surface area contributed by atoms with Gasteiger partial charge in [-0.25, -0.2) is 0 Å². The predicted molar refractivity (Wildman–Crippen MR) is 84.1 cm³/mol. The number of amides is 2. The van der Waals surface area contributed by atoms with Crippen LogP contribution in [0.4, 0.5) is 5.69 Å². The molecule has 0 fully saturated rings. The Balaban J connectivity index is 1.88. The zero-order chi connectivity index (χ0) is 16.7. The molecule has 7 heteroatoms. The highest BCUT2D eigenvalue weighted by Crippen LogP contribution is 2.17. The summed E-state index contributed by atoms with van der Waals surface area (Å²) in [5.74, 6) is 0.565. The summed E-state index contributed by atoms with van der Waals surface area (Å²) in [7, 11) is 0. The summed E-state index contributed by atoms with van der Waals surface area (Å²) >= 11 is 0. The monoisotopic (exact) mass is 315 g/mol. The van der Waals surface area contributed by atoms with Gasteiger partial charge in [0, 0.05) is 25.2 Å². The minimum absolute atomic E-state index is 0.136. The lowest BCUT2D eigenvalue weighted by Gasteiger charge is -2.05. The first-order chi connectivity index (χ1) is 11.1. The lowest BCUT2D eigenvalue weighted by atomic mass is 10.3. The SMILES string of the molecule is C=CCNC(=O)c1cc(COc2ccc(NC(C)=O)cc2)on1. The number of hydrogen-bond donors (Lipinski definition) is 2. The molecular weight excluding hydrogens is 298 g/mol. The molecule has 0 saturated carbocycles.